The molecule has 0 radical (unpaired) electrons. The van der Waals surface area contributed by atoms with Gasteiger partial charge < -0.3 is 9.63 Å². The lowest BCUT2D eigenvalue weighted by Gasteiger charge is -2.17. The lowest BCUT2D eigenvalue weighted by molar-refractivity contribution is 0.129. The molecule has 96 valence electrons. The molecule has 0 bridgehead atoms. The van der Waals surface area contributed by atoms with Gasteiger partial charge in [-0.1, -0.05) is 19.0 Å². The molecular formula is C11H18N2O2S2. The van der Waals surface area contributed by atoms with Crippen molar-refractivity contribution in [3.05, 3.63) is 11.7 Å². The van der Waals surface area contributed by atoms with Crippen LogP contribution in [-0.2, 0) is 0 Å². The monoisotopic (exact) mass is 274 g/mol. The van der Waals surface area contributed by atoms with Crippen LogP contribution in [0.25, 0.3) is 0 Å². The van der Waals surface area contributed by atoms with Crippen LogP contribution in [-0.4, -0.2) is 38.6 Å². The molecule has 0 aliphatic carbocycles. The first-order chi connectivity index (χ1) is 8.22. The number of hydrogen-bond donors (Lipinski definition) is 1. The first-order valence-corrected chi connectivity index (χ1v) is 8.13. The third-order valence-electron chi connectivity index (χ3n) is 2.95. The Morgan fingerprint density at radius 1 is 1.53 bits per heavy atom. The third kappa shape index (κ3) is 3.17. The SMILES string of the molecule is CCC(O)C(C)c1nc(C2CSCCS2)no1. The molecule has 4 nitrogen and oxygen atoms in total. The summed E-state index contributed by atoms with van der Waals surface area (Å²) < 4.78 is 5.26. The standard InChI is InChI=1S/C11H18N2O2S2/c1-3-8(14)7(2)11-12-10(13-15-11)9-6-16-4-5-17-9/h7-9,14H,3-6H2,1-2H3. The van der Waals surface area contributed by atoms with Gasteiger partial charge in [-0.25, -0.2) is 0 Å². The predicted octanol–water partition coefficient (Wildman–Crippen LogP) is 2.47. The van der Waals surface area contributed by atoms with E-state index < -0.39 is 6.10 Å². The average Bonchev–Trinajstić information content (AvgIpc) is 2.87. The van der Waals surface area contributed by atoms with Gasteiger partial charge in [0, 0.05) is 17.3 Å². The van der Waals surface area contributed by atoms with Gasteiger partial charge in [0.15, 0.2) is 5.82 Å². The number of aliphatic hydroxyl groups is 1. The lowest BCUT2D eigenvalue weighted by atomic mass is 10.0. The quantitative estimate of drug-likeness (QED) is 0.910. The topological polar surface area (TPSA) is 59.2 Å². The van der Waals surface area contributed by atoms with E-state index in [0.717, 1.165) is 17.3 Å². The molecule has 6 heteroatoms. The van der Waals surface area contributed by atoms with Crippen molar-refractivity contribution in [1.29, 1.82) is 0 Å². The molecule has 3 unspecified atom stereocenters. The van der Waals surface area contributed by atoms with E-state index in [0.29, 0.717) is 17.6 Å². The molecule has 1 aromatic rings. The molecule has 2 rings (SSSR count). The van der Waals surface area contributed by atoms with Crippen LogP contribution in [0.5, 0.6) is 0 Å². The summed E-state index contributed by atoms with van der Waals surface area (Å²) in [5.41, 5.74) is 0. The molecule has 0 aromatic carbocycles. The Bertz CT molecular complexity index is 336. The number of hydrogen-bond acceptors (Lipinski definition) is 6. The van der Waals surface area contributed by atoms with E-state index in [9.17, 15) is 5.11 Å². The number of thioether (sulfide) groups is 2. The van der Waals surface area contributed by atoms with E-state index in [1.807, 2.05) is 37.4 Å². The van der Waals surface area contributed by atoms with Gasteiger partial charge in [0.25, 0.3) is 0 Å². The summed E-state index contributed by atoms with van der Waals surface area (Å²) in [4.78, 5) is 4.43. The number of rotatable bonds is 4. The Morgan fingerprint density at radius 3 is 3.00 bits per heavy atom. The summed E-state index contributed by atoms with van der Waals surface area (Å²) in [5, 5.41) is 14.2. The van der Waals surface area contributed by atoms with Gasteiger partial charge in [-0.15, -0.1) is 11.8 Å². The van der Waals surface area contributed by atoms with Crippen molar-refractivity contribution < 1.29 is 9.63 Å². The first-order valence-electron chi connectivity index (χ1n) is 5.93. The van der Waals surface area contributed by atoms with Crippen LogP contribution in [0, 0.1) is 0 Å². The van der Waals surface area contributed by atoms with E-state index in [1.165, 1.54) is 5.75 Å². The fraction of sp³-hybridized carbons (Fsp3) is 0.818. The van der Waals surface area contributed by atoms with E-state index in [1.54, 1.807) is 0 Å². The average molecular weight is 274 g/mol. The molecule has 0 spiro atoms. The molecule has 1 saturated heterocycles. The summed E-state index contributed by atoms with van der Waals surface area (Å²) >= 11 is 3.82. The Balaban J connectivity index is 2.04. The molecule has 3 atom stereocenters. The Hall–Kier alpha value is -0.200. The third-order valence-corrected chi connectivity index (χ3v) is 5.70. The normalized spacial score (nSPS) is 24.5. The van der Waals surface area contributed by atoms with Crippen molar-refractivity contribution in [3.8, 4) is 0 Å². The molecule has 1 fully saturated rings. The molecule has 2 heterocycles. The minimum atomic E-state index is -0.406. The molecular weight excluding hydrogens is 256 g/mol. The van der Waals surface area contributed by atoms with Gasteiger partial charge in [-0.2, -0.15) is 16.7 Å². The summed E-state index contributed by atoms with van der Waals surface area (Å²) in [6.45, 7) is 3.88. The molecule has 1 aliphatic heterocycles. The van der Waals surface area contributed by atoms with Crippen molar-refractivity contribution in [1.82, 2.24) is 10.1 Å². The minimum Gasteiger partial charge on any atom is -0.392 e. The van der Waals surface area contributed by atoms with Crippen LogP contribution < -0.4 is 0 Å². The second-order valence-electron chi connectivity index (χ2n) is 4.19. The summed E-state index contributed by atoms with van der Waals surface area (Å²) in [6, 6.07) is 0. The molecule has 1 N–H and O–H groups in total. The molecule has 17 heavy (non-hydrogen) atoms. The fourth-order valence-electron chi connectivity index (χ4n) is 1.72. The lowest BCUT2D eigenvalue weighted by Crippen LogP contribution is -2.15. The van der Waals surface area contributed by atoms with Crippen molar-refractivity contribution in [3.63, 3.8) is 0 Å². The molecule has 1 aliphatic rings. The smallest absolute Gasteiger partial charge is 0.232 e. The highest BCUT2D eigenvalue weighted by Gasteiger charge is 2.25. The van der Waals surface area contributed by atoms with Crippen LogP contribution in [0.1, 0.15) is 43.2 Å². The number of nitrogens with zero attached hydrogens (tertiary/aromatic N) is 2. The van der Waals surface area contributed by atoms with Crippen LogP contribution >= 0.6 is 23.5 Å². The van der Waals surface area contributed by atoms with Gasteiger partial charge in [-0.05, 0) is 6.42 Å². The van der Waals surface area contributed by atoms with Gasteiger partial charge >= 0.3 is 0 Å². The maximum absolute atomic E-state index is 9.76. The summed E-state index contributed by atoms with van der Waals surface area (Å²) in [5.74, 6) is 4.66. The van der Waals surface area contributed by atoms with Crippen LogP contribution in [0.2, 0.25) is 0 Å². The second kappa shape index (κ2) is 6.11. The van der Waals surface area contributed by atoms with Gasteiger partial charge in [-0.3, -0.25) is 0 Å². The number of aromatic nitrogens is 2. The van der Waals surface area contributed by atoms with Crippen molar-refractivity contribution >= 4 is 23.5 Å². The fourth-order valence-corrected chi connectivity index (χ4v) is 4.31. The van der Waals surface area contributed by atoms with Crippen LogP contribution in [0.15, 0.2) is 4.52 Å². The zero-order chi connectivity index (χ0) is 12.3. The van der Waals surface area contributed by atoms with Gasteiger partial charge in [0.1, 0.15) is 0 Å². The largest absolute Gasteiger partial charge is 0.392 e. The molecule has 0 saturated carbocycles. The molecule has 0 amide bonds. The molecule has 1 aromatic heterocycles. The van der Waals surface area contributed by atoms with E-state index >= 15 is 0 Å². The maximum atomic E-state index is 9.76. The van der Waals surface area contributed by atoms with Crippen molar-refractivity contribution in [2.45, 2.75) is 37.5 Å². The maximum Gasteiger partial charge on any atom is 0.232 e. The Labute approximate surface area is 110 Å². The Morgan fingerprint density at radius 2 is 2.35 bits per heavy atom. The predicted molar refractivity (Wildman–Crippen MR) is 71.5 cm³/mol. The van der Waals surface area contributed by atoms with E-state index in [-0.39, 0.29) is 5.92 Å². The van der Waals surface area contributed by atoms with E-state index in [4.69, 9.17) is 4.52 Å². The zero-order valence-electron chi connectivity index (χ0n) is 10.1. The minimum absolute atomic E-state index is 0.0810. The van der Waals surface area contributed by atoms with E-state index in [2.05, 4.69) is 10.1 Å². The Kier molecular flexibility index (Phi) is 4.76. The summed E-state index contributed by atoms with van der Waals surface area (Å²) in [7, 11) is 0. The highest BCUT2D eigenvalue weighted by Crippen LogP contribution is 2.35. The number of aliphatic hydroxyl groups excluding tert-OH is 1. The van der Waals surface area contributed by atoms with Gasteiger partial charge in [0.2, 0.25) is 5.89 Å². The van der Waals surface area contributed by atoms with Crippen LogP contribution in [0.4, 0.5) is 0 Å². The first kappa shape index (κ1) is 13.2. The highest BCUT2D eigenvalue weighted by atomic mass is 32.2. The van der Waals surface area contributed by atoms with Crippen molar-refractivity contribution in [2.75, 3.05) is 17.3 Å². The van der Waals surface area contributed by atoms with Crippen molar-refractivity contribution in [2.24, 2.45) is 0 Å². The second-order valence-corrected chi connectivity index (χ2v) is 6.65. The van der Waals surface area contributed by atoms with Gasteiger partial charge in [0.05, 0.1) is 17.3 Å². The highest BCUT2D eigenvalue weighted by molar-refractivity contribution is 8.06. The van der Waals surface area contributed by atoms with Crippen LogP contribution in [0.3, 0.4) is 0 Å². The zero-order valence-corrected chi connectivity index (χ0v) is 11.8. The summed E-state index contributed by atoms with van der Waals surface area (Å²) in [6.07, 6.45) is 0.295.